The molecular formula is C19H22N4O2S. The van der Waals surface area contributed by atoms with Crippen LogP contribution in [0.5, 0.6) is 0 Å². The zero-order chi connectivity index (χ0) is 18.5. The highest BCUT2D eigenvalue weighted by molar-refractivity contribution is 7.99. The normalized spacial score (nSPS) is 11.1. The highest BCUT2D eigenvalue weighted by Crippen LogP contribution is 2.31. The van der Waals surface area contributed by atoms with Crippen molar-refractivity contribution >= 4 is 23.5 Å². The molecule has 0 aliphatic heterocycles. The Morgan fingerprint density at radius 1 is 1.23 bits per heavy atom. The summed E-state index contributed by atoms with van der Waals surface area (Å²) in [5.41, 5.74) is 1.88. The molecule has 0 atom stereocenters. The molecule has 2 heterocycles. The van der Waals surface area contributed by atoms with E-state index in [-0.39, 0.29) is 0 Å². The number of ether oxygens (including phenoxy) is 1. The van der Waals surface area contributed by atoms with Gasteiger partial charge in [0.05, 0.1) is 6.61 Å². The highest BCUT2D eigenvalue weighted by Gasteiger charge is 2.11. The monoisotopic (exact) mass is 370 g/mol. The summed E-state index contributed by atoms with van der Waals surface area (Å²) >= 11 is 1.65. The van der Waals surface area contributed by atoms with E-state index < -0.39 is 6.09 Å². The lowest BCUT2D eigenvalue weighted by atomic mass is 10.2. The van der Waals surface area contributed by atoms with Gasteiger partial charge in [0, 0.05) is 28.5 Å². The van der Waals surface area contributed by atoms with E-state index in [4.69, 9.17) is 4.74 Å². The molecule has 136 valence electrons. The lowest BCUT2D eigenvalue weighted by Gasteiger charge is -2.11. The Balaban J connectivity index is 1.81. The number of fused-ring (bicyclic) bond motifs is 1. The third kappa shape index (κ3) is 4.16. The number of hydrogen-bond acceptors (Lipinski definition) is 5. The van der Waals surface area contributed by atoms with Gasteiger partial charge in [-0.3, -0.25) is 4.40 Å². The molecule has 26 heavy (non-hydrogen) atoms. The molecule has 7 heteroatoms. The number of aromatic nitrogens is 3. The zero-order valence-corrected chi connectivity index (χ0v) is 15.9. The number of pyridine rings is 1. The second kappa shape index (κ2) is 8.23. The van der Waals surface area contributed by atoms with Crippen LogP contribution in [0.3, 0.4) is 0 Å². The van der Waals surface area contributed by atoms with Crippen molar-refractivity contribution in [3.63, 3.8) is 0 Å². The molecule has 3 rings (SSSR count). The van der Waals surface area contributed by atoms with Gasteiger partial charge in [-0.25, -0.2) is 4.79 Å². The maximum atomic E-state index is 11.5. The standard InChI is InChI=1S/C19H22N4O2S/c1-4-25-19(24)20-11-14-7-5-6-8-16(14)26-15-9-10-17-21-22-18(13(2)3)23(17)12-15/h5-10,12-13H,4,11H2,1-3H3,(H,20,24). The molecule has 0 saturated heterocycles. The van der Waals surface area contributed by atoms with Gasteiger partial charge in [-0.1, -0.05) is 43.8 Å². The van der Waals surface area contributed by atoms with Crippen molar-refractivity contribution in [2.75, 3.05) is 6.61 Å². The molecular weight excluding hydrogens is 348 g/mol. The fourth-order valence-corrected chi connectivity index (χ4v) is 3.54. The van der Waals surface area contributed by atoms with Crippen molar-refractivity contribution in [1.82, 2.24) is 19.9 Å². The van der Waals surface area contributed by atoms with Crippen LogP contribution in [-0.2, 0) is 11.3 Å². The van der Waals surface area contributed by atoms with Crippen molar-refractivity contribution in [1.29, 1.82) is 0 Å². The summed E-state index contributed by atoms with van der Waals surface area (Å²) in [6, 6.07) is 12.0. The summed E-state index contributed by atoms with van der Waals surface area (Å²) < 4.78 is 6.96. The molecule has 1 N–H and O–H groups in total. The minimum absolute atomic E-state index is 0.298. The molecule has 3 aromatic rings. The number of nitrogens with zero attached hydrogens (tertiary/aromatic N) is 3. The van der Waals surface area contributed by atoms with Crippen LogP contribution >= 0.6 is 11.8 Å². The van der Waals surface area contributed by atoms with Crippen molar-refractivity contribution in [2.45, 2.75) is 43.0 Å². The minimum Gasteiger partial charge on any atom is -0.450 e. The number of alkyl carbamates (subject to hydrolysis) is 1. The first-order chi connectivity index (χ1) is 12.6. The second-order valence-electron chi connectivity index (χ2n) is 6.09. The zero-order valence-electron chi connectivity index (χ0n) is 15.1. The van der Waals surface area contributed by atoms with Crippen molar-refractivity contribution in [3.05, 3.63) is 54.0 Å². The second-order valence-corrected chi connectivity index (χ2v) is 7.21. The van der Waals surface area contributed by atoms with Gasteiger partial charge in [0.25, 0.3) is 0 Å². The summed E-state index contributed by atoms with van der Waals surface area (Å²) in [5, 5.41) is 11.3. The lowest BCUT2D eigenvalue weighted by Crippen LogP contribution is -2.23. The topological polar surface area (TPSA) is 68.5 Å². The molecule has 1 aromatic carbocycles. The molecule has 0 spiro atoms. The third-order valence-electron chi connectivity index (χ3n) is 3.82. The van der Waals surface area contributed by atoms with E-state index in [1.165, 1.54) is 0 Å². The molecule has 0 aliphatic rings. The fourth-order valence-electron chi connectivity index (χ4n) is 2.57. The predicted octanol–water partition coefficient (Wildman–Crippen LogP) is 4.25. The first-order valence-corrected chi connectivity index (χ1v) is 9.41. The average Bonchev–Trinajstić information content (AvgIpc) is 3.05. The Morgan fingerprint density at radius 3 is 2.81 bits per heavy atom. The van der Waals surface area contributed by atoms with E-state index in [0.717, 1.165) is 26.8 Å². The summed E-state index contributed by atoms with van der Waals surface area (Å²) in [6.07, 6.45) is 1.66. The van der Waals surface area contributed by atoms with Gasteiger partial charge in [0.2, 0.25) is 0 Å². The molecule has 0 unspecified atom stereocenters. The number of hydrogen-bond donors (Lipinski definition) is 1. The van der Waals surface area contributed by atoms with Crippen LogP contribution in [0.1, 0.15) is 38.1 Å². The van der Waals surface area contributed by atoms with Crippen molar-refractivity contribution < 1.29 is 9.53 Å². The Hall–Kier alpha value is -2.54. The van der Waals surface area contributed by atoms with Crippen LogP contribution in [0.4, 0.5) is 4.79 Å². The van der Waals surface area contributed by atoms with Crippen LogP contribution in [0.15, 0.2) is 52.4 Å². The van der Waals surface area contributed by atoms with E-state index in [1.807, 2.05) is 40.8 Å². The molecule has 0 aliphatic carbocycles. The van der Waals surface area contributed by atoms with Crippen LogP contribution in [0, 0.1) is 0 Å². The number of rotatable bonds is 6. The Bertz CT molecular complexity index is 907. The third-order valence-corrected chi connectivity index (χ3v) is 4.91. The number of amides is 1. The van der Waals surface area contributed by atoms with E-state index in [0.29, 0.717) is 19.1 Å². The van der Waals surface area contributed by atoms with Gasteiger partial charge in [-0.15, -0.1) is 10.2 Å². The molecule has 6 nitrogen and oxygen atoms in total. The maximum absolute atomic E-state index is 11.5. The Kier molecular flexibility index (Phi) is 5.78. The molecule has 0 bridgehead atoms. The van der Waals surface area contributed by atoms with Crippen LogP contribution < -0.4 is 5.32 Å². The van der Waals surface area contributed by atoms with Gasteiger partial charge < -0.3 is 10.1 Å². The number of carbonyl (C=O) groups excluding carboxylic acids is 1. The minimum atomic E-state index is -0.403. The van der Waals surface area contributed by atoms with E-state index in [1.54, 1.807) is 18.7 Å². The molecule has 0 radical (unpaired) electrons. The van der Waals surface area contributed by atoms with Gasteiger partial charge in [-0.05, 0) is 30.7 Å². The van der Waals surface area contributed by atoms with Crippen LogP contribution in [0.25, 0.3) is 5.65 Å². The number of nitrogens with one attached hydrogen (secondary N) is 1. The first-order valence-electron chi connectivity index (χ1n) is 8.59. The molecule has 0 fully saturated rings. The Morgan fingerprint density at radius 2 is 2.04 bits per heavy atom. The quantitative estimate of drug-likeness (QED) is 0.702. The summed E-state index contributed by atoms with van der Waals surface area (Å²) in [5.74, 6) is 1.24. The van der Waals surface area contributed by atoms with Gasteiger partial charge in [0.1, 0.15) is 5.82 Å². The molecule has 0 saturated carbocycles. The average molecular weight is 370 g/mol. The maximum Gasteiger partial charge on any atom is 0.407 e. The van der Waals surface area contributed by atoms with E-state index >= 15 is 0 Å². The lowest BCUT2D eigenvalue weighted by molar-refractivity contribution is 0.151. The summed E-state index contributed by atoms with van der Waals surface area (Å²) in [6.45, 7) is 6.78. The van der Waals surface area contributed by atoms with Crippen molar-refractivity contribution in [2.24, 2.45) is 0 Å². The SMILES string of the molecule is CCOC(=O)NCc1ccccc1Sc1ccc2nnc(C(C)C)n2c1. The van der Waals surface area contributed by atoms with E-state index in [2.05, 4.69) is 35.6 Å². The van der Waals surface area contributed by atoms with Crippen LogP contribution in [0.2, 0.25) is 0 Å². The summed E-state index contributed by atoms with van der Waals surface area (Å²) in [4.78, 5) is 13.7. The summed E-state index contributed by atoms with van der Waals surface area (Å²) in [7, 11) is 0. The Labute approximate surface area is 157 Å². The van der Waals surface area contributed by atoms with Gasteiger partial charge in [0.15, 0.2) is 5.65 Å². The first kappa shape index (κ1) is 18.3. The van der Waals surface area contributed by atoms with Gasteiger partial charge >= 0.3 is 6.09 Å². The smallest absolute Gasteiger partial charge is 0.407 e. The molecule has 1 amide bonds. The van der Waals surface area contributed by atoms with Crippen molar-refractivity contribution in [3.8, 4) is 0 Å². The number of benzene rings is 1. The predicted molar refractivity (Wildman–Crippen MR) is 102 cm³/mol. The largest absolute Gasteiger partial charge is 0.450 e. The highest BCUT2D eigenvalue weighted by atomic mass is 32.2. The molecule has 2 aromatic heterocycles. The fraction of sp³-hybridized carbons (Fsp3) is 0.316. The van der Waals surface area contributed by atoms with Crippen LogP contribution in [-0.4, -0.2) is 27.3 Å². The van der Waals surface area contributed by atoms with Gasteiger partial charge in [-0.2, -0.15) is 0 Å². The number of carbonyl (C=O) groups is 1. The van der Waals surface area contributed by atoms with E-state index in [9.17, 15) is 4.79 Å².